The van der Waals surface area contributed by atoms with Gasteiger partial charge in [-0.05, 0) is 50.9 Å². The SMILES string of the molecule is CCNC(c1cccc(C)c1C)C(C)(C)OC. The summed E-state index contributed by atoms with van der Waals surface area (Å²) in [7, 11) is 1.77. The monoisotopic (exact) mass is 235 g/mol. The van der Waals surface area contributed by atoms with E-state index in [2.05, 4.69) is 58.1 Å². The number of likely N-dealkylation sites (N-methyl/N-ethyl adjacent to an activating group) is 1. The molecule has 0 spiro atoms. The van der Waals surface area contributed by atoms with Gasteiger partial charge in [0.15, 0.2) is 0 Å². The third kappa shape index (κ3) is 3.08. The molecule has 0 fully saturated rings. The van der Waals surface area contributed by atoms with E-state index in [0.717, 1.165) is 6.54 Å². The third-order valence-electron chi connectivity index (χ3n) is 3.59. The molecule has 96 valence electrons. The van der Waals surface area contributed by atoms with Gasteiger partial charge in [-0.3, -0.25) is 0 Å². The Morgan fingerprint density at radius 1 is 1.29 bits per heavy atom. The third-order valence-corrected chi connectivity index (χ3v) is 3.59. The van der Waals surface area contributed by atoms with Crippen molar-refractivity contribution >= 4 is 0 Å². The van der Waals surface area contributed by atoms with Crippen LogP contribution < -0.4 is 5.32 Å². The highest BCUT2D eigenvalue weighted by Crippen LogP contribution is 2.31. The predicted octanol–water partition coefficient (Wildman–Crippen LogP) is 3.38. The molecule has 0 saturated heterocycles. The highest BCUT2D eigenvalue weighted by Gasteiger charge is 2.31. The van der Waals surface area contributed by atoms with Crippen LogP contribution >= 0.6 is 0 Å². The minimum atomic E-state index is -0.214. The van der Waals surface area contributed by atoms with Crippen molar-refractivity contribution in [3.63, 3.8) is 0 Å². The lowest BCUT2D eigenvalue weighted by Gasteiger charge is -2.35. The zero-order valence-electron chi connectivity index (χ0n) is 11.9. The summed E-state index contributed by atoms with van der Waals surface area (Å²) in [6, 6.07) is 6.68. The smallest absolute Gasteiger partial charge is 0.0816 e. The Morgan fingerprint density at radius 2 is 1.94 bits per heavy atom. The first-order valence-corrected chi connectivity index (χ1v) is 6.28. The van der Waals surface area contributed by atoms with Crippen molar-refractivity contribution in [1.82, 2.24) is 5.32 Å². The van der Waals surface area contributed by atoms with Crippen molar-refractivity contribution < 1.29 is 4.74 Å². The zero-order valence-corrected chi connectivity index (χ0v) is 11.9. The maximum atomic E-state index is 5.64. The molecule has 1 unspecified atom stereocenters. The van der Waals surface area contributed by atoms with Crippen LogP contribution in [0.4, 0.5) is 0 Å². The standard InChI is InChI=1S/C15H25NO/c1-7-16-14(15(4,5)17-6)13-10-8-9-11(2)12(13)3/h8-10,14,16H,7H2,1-6H3. The van der Waals surface area contributed by atoms with Crippen molar-refractivity contribution in [3.8, 4) is 0 Å². The Bertz CT molecular complexity index is 371. The van der Waals surface area contributed by atoms with Crippen molar-refractivity contribution in [2.75, 3.05) is 13.7 Å². The number of methoxy groups -OCH3 is 1. The van der Waals surface area contributed by atoms with Crippen LogP contribution in [0.5, 0.6) is 0 Å². The first-order chi connectivity index (χ1) is 7.94. The van der Waals surface area contributed by atoms with Crippen molar-refractivity contribution in [1.29, 1.82) is 0 Å². The van der Waals surface area contributed by atoms with Gasteiger partial charge >= 0.3 is 0 Å². The summed E-state index contributed by atoms with van der Waals surface area (Å²) in [6.07, 6.45) is 0. The van der Waals surface area contributed by atoms with Gasteiger partial charge in [0.25, 0.3) is 0 Å². The van der Waals surface area contributed by atoms with Gasteiger partial charge in [0.1, 0.15) is 0 Å². The van der Waals surface area contributed by atoms with Crippen LogP contribution in [0.2, 0.25) is 0 Å². The fourth-order valence-electron chi connectivity index (χ4n) is 2.14. The molecule has 1 atom stereocenters. The van der Waals surface area contributed by atoms with Crippen LogP contribution in [-0.2, 0) is 4.74 Å². The molecule has 0 heterocycles. The molecule has 0 bridgehead atoms. The molecule has 0 aliphatic heterocycles. The average Bonchev–Trinajstić information content (AvgIpc) is 2.30. The lowest BCUT2D eigenvalue weighted by molar-refractivity contribution is -0.0108. The Hall–Kier alpha value is -0.860. The first kappa shape index (κ1) is 14.2. The summed E-state index contributed by atoms with van der Waals surface area (Å²) >= 11 is 0. The maximum Gasteiger partial charge on any atom is 0.0816 e. The second-order valence-corrected chi connectivity index (χ2v) is 5.09. The molecule has 0 amide bonds. The van der Waals surface area contributed by atoms with Crippen LogP contribution in [0.1, 0.15) is 43.5 Å². The fourth-order valence-corrected chi connectivity index (χ4v) is 2.14. The van der Waals surface area contributed by atoms with Gasteiger partial charge in [-0.15, -0.1) is 0 Å². The minimum absolute atomic E-state index is 0.214. The number of benzene rings is 1. The van der Waals surface area contributed by atoms with E-state index in [1.165, 1.54) is 16.7 Å². The Labute approximate surface area is 105 Å². The number of hydrogen-bond acceptors (Lipinski definition) is 2. The van der Waals surface area contributed by atoms with E-state index in [0.29, 0.717) is 0 Å². The Balaban J connectivity index is 3.18. The molecule has 0 aliphatic carbocycles. The first-order valence-electron chi connectivity index (χ1n) is 6.28. The molecule has 0 radical (unpaired) electrons. The molecule has 2 heteroatoms. The van der Waals surface area contributed by atoms with Gasteiger partial charge in [-0.25, -0.2) is 0 Å². The number of rotatable bonds is 5. The largest absolute Gasteiger partial charge is 0.377 e. The van der Waals surface area contributed by atoms with Crippen LogP contribution in [0.15, 0.2) is 18.2 Å². The van der Waals surface area contributed by atoms with E-state index < -0.39 is 0 Å². The van der Waals surface area contributed by atoms with Crippen LogP contribution in [0.25, 0.3) is 0 Å². The normalized spacial score (nSPS) is 13.8. The quantitative estimate of drug-likeness (QED) is 0.844. The maximum absolute atomic E-state index is 5.64. The topological polar surface area (TPSA) is 21.3 Å². The molecule has 0 saturated carbocycles. The van der Waals surface area contributed by atoms with E-state index in [9.17, 15) is 0 Å². The average molecular weight is 235 g/mol. The van der Waals surface area contributed by atoms with Gasteiger partial charge in [0, 0.05) is 7.11 Å². The fraction of sp³-hybridized carbons (Fsp3) is 0.600. The van der Waals surface area contributed by atoms with E-state index in [1.54, 1.807) is 7.11 Å². The molecule has 2 nitrogen and oxygen atoms in total. The van der Waals surface area contributed by atoms with Crippen molar-refractivity contribution in [2.45, 2.75) is 46.3 Å². The molecule has 1 aromatic rings. The van der Waals surface area contributed by atoms with Crippen molar-refractivity contribution in [2.24, 2.45) is 0 Å². The van der Waals surface area contributed by atoms with E-state index in [-0.39, 0.29) is 11.6 Å². The molecule has 1 aromatic carbocycles. The van der Waals surface area contributed by atoms with Crippen molar-refractivity contribution in [3.05, 3.63) is 34.9 Å². The number of aryl methyl sites for hydroxylation is 1. The van der Waals surface area contributed by atoms with Crippen LogP contribution in [-0.4, -0.2) is 19.3 Å². The second-order valence-electron chi connectivity index (χ2n) is 5.09. The lowest BCUT2D eigenvalue weighted by atomic mass is 9.87. The highest BCUT2D eigenvalue weighted by atomic mass is 16.5. The number of ether oxygens (including phenoxy) is 1. The summed E-state index contributed by atoms with van der Waals surface area (Å²) in [6.45, 7) is 11.7. The summed E-state index contributed by atoms with van der Waals surface area (Å²) in [5.74, 6) is 0. The van der Waals surface area contributed by atoms with Gasteiger partial charge in [-0.1, -0.05) is 25.1 Å². The predicted molar refractivity (Wildman–Crippen MR) is 73.4 cm³/mol. The molecular formula is C15H25NO. The van der Waals surface area contributed by atoms with Crippen LogP contribution in [0, 0.1) is 13.8 Å². The molecule has 17 heavy (non-hydrogen) atoms. The molecular weight excluding hydrogens is 210 g/mol. The Morgan fingerprint density at radius 3 is 2.47 bits per heavy atom. The van der Waals surface area contributed by atoms with E-state index in [1.807, 2.05) is 0 Å². The molecule has 0 aromatic heterocycles. The summed E-state index contributed by atoms with van der Waals surface area (Å²) in [5, 5.41) is 3.53. The lowest BCUT2D eigenvalue weighted by Crippen LogP contribution is -2.41. The Kier molecular flexibility index (Phi) is 4.72. The second kappa shape index (κ2) is 5.65. The highest BCUT2D eigenvalue weighted by molar-refractivity contribution is 5.36. The zero-order chi connectivity index (χ0) is 13.1. The minimum Gasteiger partial charge on any atom is -0.377 e. The van der Waals surface area contributed by atoms with Gasteiger partial charge in [0.05, 0.1) is 11.6 Å². The summed E-state index contributed by atoms with van der Waals surface area (Å²) in [4.78, 5) is 0. The van der Waals surface area contributed by atoms with Crippen LogP contribution in [0.3, 0.4) is 0 Å². The summed E-state index contributed by atoms with van der Waals surface area (Å²) in [5.41, 5.74) is 3.80. The number of hydrogen-bond donors (Lipinski definition) is 1. The van der Waals surface area contributed by atoms with Gasteiger partial charge in [-0.2, -0.15) is 0 Å². The summed E-state index contributed by atoms with van der Waals surface area (Å²) < 4.78 is 5.64. The van der Waals surface area contributed by atoms with E-state index >= 15 is 0 Å². The number of nitrogens with one attached hydrogen (secondary N) is 1. The van der Waals surface area contributed by atoms with Gasteiger partial charge < -0.3 is 10.1 Å². The van der Waals surface area contributed by atoms with Gasteiger partial charge in [0.2, 0.25) is 0 Å². The molecule has 1 rings (SSSR count). The molecule has 0 aliphatic rings. The molecule has 1 N–H and O–H groups in total. The van der Waals surface area contributed by atoms with E-state index in [4.69, 9.17) is 4.74 Å².